The molecular formula is C18H25FN4O2. The number of carbonyl (C=O) groups excluding carboxylic acids is 2. The van der Waals surface area contributed by atoms with Crippen LogP contribution in [0.15, 0.2) is 24.4 Å². The van der Waals surface area contributed by atoms with Crippen LogP contribution >= 0.6 is 0 Å². The van der Waals surface area contributed by atoms with Crippen LogP contribution in [0.1, 0.15) is 32.6 Å². The number of halogens is 1. The Bertz CT molecular complexity index is 613. The van der Waals surface area contributed by atoms with Crippen LogP contribution in [-0.2, 0) is 9.59 Å². The summed E-state index contributed by atoms with van der Waals surface area (Å²) in [6.45, 7) is 5.98. The molecule has 1 heterocycles. The molecule has 25 heavy (non-hydrogen) atoms. The summed E-state index contributed by atoms with van der Waals surface area (Å²) in [5.41, 5.74) is 0.451. The fourth-order valence-electron chi connectivity index (χ4n) is 3.18. The predicted octanol–water partition coefficient (Wildman–Crippen LogP) is 1.41. The van der Waals surface area contributed by atoms with Crippen molar-refractivity contribution in [1.29, 1.82) is 5.26 Å². The van der Waals surface area contributed by atoms with E-state index in [0.29, 0.717) is 25.8 Å². The van der Waals surface area contributed by atoms with Crippen LogP contribution in [0.3, 0.4) is 0 Å². The summed E-state index contributed by atoms with van der Waals surface area (Å²) in [6.07, 6.45) is 4.48. The molecule has 6 nitrogen and oxygen atoms in total. The lowest BCUT2D eigenvalue weighted by molar-refractivity contribution is -0.131. The van der Waals surface area contributed by atoms with Gasteiger partial charge >= 0.3 is 0 Å². The number of nitriles is 1. The molecule has 0 aromatic heterocycles. The molecule has 7 heteroatoms. The molecule has 2 amide bonds. The fourth-order valence-corrected chi connectivity index (χ4v) is 3.18. The number of allylic oxidation sites excluding steroid dienone is 2. The third-order valence-electron chi connectivity index (χ3n) is 4.89. The number of hydrogen-bond donors (Lipinski definition) is 2. The normalized spacial score (nSPS) is 28.7. The first-order valence-corrected chi connectivity index (χ1v) is 8.55. The van der Waals surface area contributed by atoms with Gasteiger partial charge in [0.15, 0.2) is 0 Å². The summed E-state index contributed by atoms with van der Waals surface area (Å²) in [5.74, 6) is -0.272. The van der Waals surface area contributed by atoms with Gasteiger partial charge in [0.25, 0.3) is 0 Å². The molecule has 2 aliphatic rings. The molecule has 2 N–H and O–H groups in total. The first-order chi connectivity index (χ1) is 11.9. The van der Waals surface area contributed by atoms with Crippen molar-refractivity contribution in [3.8, 4) is 6.07 Å². The highest BCUT2D eigenvalue weighted by atomic mass is 19.1. The number of carbonyl (C=O) groups is 2. The van der Waals surface area contributed by atoms with Crippen molar-refractivity contribution in [2.45, 2.75) is 44.8 Å². The summed E-state index contributed by atoms with van der Waals surface area (Å²) < 4.78 is 13.4. The Kier molecular flexibility index (Phi) is 6.18. The van der Waals surface area contributed by atoms with E-state index in [1.165, 1.54) is 4.90 Å². The van der Waals surface area contributed by atoms with Crippen molar-refractivity contribution in [2.24, 2.45) is 5.41 Å². The van der Waals surface area contributed by atoms with Crippen LogP contribution in [-0.4, -0.2) is 48.6 Å². The van der Waals surface area contributed by atoms with E-state index in [-0.39, 0.29) is 31.3 Å². The molecule has 0 bridgehead atoms. The van der Waals surface area contributed by atoms with Crippen LogP contribution in [0.5, 0.6) is 0 Å². The zero-order valence-corrected chi connectivity index (χ0v) is 14.6. The molecule has 0 aromatic rings. The van der Waals surface area contributed by atoms with E-state index in [2.05, 4.69) is 17.2 Å². The van der Waals surface area contributed by atoms with E-state index in [1.807, 2.05) is 19.1 Å². The Labute approximate surface area is 147 Å². The number of nitrogens with zero attached hydrogens (tertiary/aromatic N) is 2. The first kappa shape index (κ1) is 19.0. The number of amides is 2. The summed E-state index contributed by atoms with van der Waals surface area (Å²) in [5, 5.41) is 14.9. The average Bonchev–Trinajstić information content (AvgIpc) is 3.00. The molecule has 0 radical (unpaired) electrons. The van der Waals surface area contributed by atoms with Crippen molar-refractivity contribution in [1.82, 2.24) is 15.5 Å². The Hall–Kier alpha value is -2.36. The lowest BCUT2D eigenvalue weighted by Gasteiger charge is -2.32. The maximum atomic E-state index is 13.4. The molecule has 0 saturated carbocycles. The average molecular weight is 348 g/mol. The molecule has 1 aliphatic carbocycles. The van der Waals surface area contributed by atoms with Gasteiger partial charge in [-0.05, 0) is 19.3 Å². The van der Waals surface area contributed by atoms with E-state index >= 15 is 0 Å². The lowest BCUT2D eigenvalue weighted by Crippen LogP contribution is -2.42. The molecule has 3 atom stereocenters. The summed E-state index contributed by atoms with van der Waals surface area (Å²) in [6, 6.07) is 1.30. The second kappa shape index (κ2) is 8.15. The second-order valence-corrected chi connectivity index (χ2v) is 6.87. The summed E-state index contributed by atoms with van der Waals surface area (Å²) >= 11 is 0. The van der Waals surface area contributed by atoms with Gasteiger partial charge in [-0.1, -0.05) is 19.1 Å². The summed E-state index contributed by atoms with van der Waals surface area (Å²) in [4.78, 5) is 25.7. The van der Waals surface area contributed by atoms with Gasteiger partial charge in [0.1, 0.15) is 12.2 Å². The minimum Gasteiger partial charge on any atom is -0.380 e. The van der Waals surface area contributed by atoms with Gasteiger partial charge in [0.2, 0.25) is 11.8 Å². The summed E-state index contributed by atoms with van der Waals surface area (Å²) in [7, 11) is 0. The molecule has 1 saturated heterocycles. The van der Waals surface area contributed by atoms with E-state index in [9.17, 15) is 14.0 Å². The Morgan fingerprint density at radius 3 is 2.96 bits per heavy atom. The van der Waals surface area contributed by atoms with Gasteiger partial charge in [-0.15, -0.1) is 6.58 Å². The highest BCUT2D eigenvalue weighted by Gasteiger charge is 2.36. The lowest BCUT2D eigenvalue weighted by atomic mass is 9.77. The minimum absolute atomic E-state index is 0.00157. The third kappa shape index (κ3) is 4.59. The van der Waals surface area contributed by atoms with Crippen LogP contribution < -0.4 is 10.6 Å². The Morgan fingerprint density at radius 1 is 1.60 bits per heavy atom. The highest BCUT2D eigenvalue weighted by Crippen LogP contribution is 2.34. The predicted molar refractivity (Wildman–Crippen MR) is 91.9 cm³/mol. The second-order valence-electron chi connectivity index (χ2n) is 6.87. The van der Waals surface area contributed by atoms with Crippen LogP contribution in [0.4, 0.5) is 4.39 Å². The van der Waals surface area contributed by atoms with Crippen molar-refractivity contribution >= 4 is 11.8 Å². The van der Waals surface area contributed by atoms with Crippen LogP contribution in [0.2, 0.25) is 0 Å². The van der Waals surface area contributed by atoms with Gasteiger partial charge in [-0.2, -0.15) is 5.26 Å². The monoisotopic (exact) mass is 348 g/mol. The van der Waals surface area contributed by atoms with E-state index in [0.717, 1.165) is 5.70 Å². The van der Waals surface area contributed by atoms with Gasteiger partial charge < -0.3 is 15.5 Å². The zero-order chi connectivity index (χ0) is 18.4. The van der Waals surface area contributed by atoms with Crippen molar-refractivity contribution in [3.63, 3.8) is 0 Å². The molecule has 0 spiro atoms. The molecule has 1 aliphatic heterocycles. The largest absolute Gasteiger partial charge is 0.380 e. The molecule has 1 fully saturated rings. The quantitative estimate of drug-likeness (QED) is 0.711. The van der Waals surface area contributed by atoms with Crippen LogP contribution in [0, 0.1) is 16.7 Å². The van der Waals surface area contributed by atoms with Gasteiger partial charge in [0, 0.05) is 18.7 Å². The van der Waals surface area contributed by atoms with E-state index < -0.39 is 17.6 Å². The van der Waals surface area contributed by atoms with Crippen molar-refractivity contribution < 1.29 is 14.0 Å². The van der Waals surface area contributed by atoms with Crippen molar-refractivity contribution in [3.05, 3.63) is 24.4 Å². The van der Waals surface area contributed by atoms with Gasteiger partial charge in [0.05, 0.1) is 24.6 Å². The first-order valence-electron chi connectivity index (χ1n) is 8.55. The third-order valence-corrected chi connectivity index (χ3v) is 4.89. The fraction of sp³-hybridized carbons (Fsp3) is 0.611. The molecule has 136 valence electrons. The van der Waals surface area contributed by atoms with Gasteiger partial charge in [-0.25, -0.2) is 4.39 Å². The van der Waals surface area contributed by atoms with E-state index in [4.69, 9.17) is 5.26 Å². The number of likely N-dealkylation sites (tertiary alicyclic amines) is 1. The van der Waals surface area contributed by atoms with E-state index in [1.54, 1.807) is 6.08 Å². The molecule has 1 unspecified atom stereocenters. The maximum Gasteiger partial charge on any atom is 0.243 e. The Morgan fingerprint density at radius 2 is 2.36 bits per heavy atom. The zero-order valence-electron chi connectivity index (χ0n) is 14.6. The van der Waals surface area contributed by atoms with Crippen molar-refractivity contribution in [2.75, 3.05) is 19.6 Å². The molecule has 0 aromatic carbocycles. The number of alkyl halides is 1. The standard InChI is InChI=1S/C18H25FN4O2/c1-3-8-21-17(25)18(2)6-4-14(5-7-18)22-11-16(24)23-12-13(19)9-15(23)10-20/h3-4,13,15,22H,1,5-9,11-12H2,2H3,(H,21,25)/t13-,15-,18?/m0/s1. The van der Waals surface area contributed by atoms with Gasteiger partial charge in [-0.3, -0.25) is 9.59 Å². The minimum atomic E-state index is -1.13. The number of hydrogen-bond acceptors (Lipinski definition) is 4. The smallest absolute Gasteiger partial charge is 0.243 e. The maximum absolute atomic E-state index is 13.4. The number of rotatable bonds is 6. The molecular weight excluding hydrogens is 323 g/mol. The highest BCUT2D eigenvalue weighted by molar-refractivity contribution is 5.83. The topological polar surface area (TPSA) is 85.2 Å². The molecule has 2 rings (SSSR count). The SMILES string of the molecule is C=CCNC(=O)C1(C)CC=C(NCC(=O)N2C[C@@H](F)C[C@H]2C#N)CC1. The number of nitrogens with one attached hydrogen (secondary N) is 2. The Balaban J connectivity index is 1.84. The van der Waals surface area contributed by atoms with Crippen LogP contribution in [0.25, 0.3) is 0 Å².